The van der Waals surface area contributed by atoms with E-state index in [1.807, 2.05) is 0 Å². The van der Waals surface area contributed by atoms with Crippen molar-refractivity contribution in [3.05, 3.63) is 77.9 Å². The van der Waals surface area contributed by atoms with Gasteiger partial charge in [-0.25, -0.2) is 0 Å². The highest BCUT2D eigenvalue weighted by Crippen LogP contribution is 2.28. The van der Waals surface area contributed by atoms with Crippen LogP contribution in [0.4, 0.5) is 0 Å². The van der Waals surface area contributed by atoms with E-state index < -0.39 is 0 Å². The average molecular weight is 333 g/mol. The standard InChI is InChI=1S/C23H27NO/c1-2-17-25-23-15-14-20-12-6-7-13-21(20)22(23)18-24-16-8-11-19-9-4-3-5-10-19/h3-7,9-10,12-15,24H,2,8,11,16-18H2,1H3. The van der Waals surface area contributed by atoms with Crippen molar-refractivity contribution >= 4 is 10.8 Å². The number of hydrogen-bond donors (Lipinski definition) is 1. The molecule has 2 nitrogen and oxygen atoms in total. The smallest absolute Gasteiger partial charge is 0.124 e. The van der Waals surface area contributed by atoms with E-state index in [1.165, 1.54) is 21.9 Å². The monoisotopic (exact) mass is 333 g/mol. The first-order valence-corrected chi connectivity index (χ1v) is 9.26. The Morgan fingerprint density at radius 1 is 0.880 bits per heavy atom. The Morgan fingerprint density at radius 3 is 2.52 bits per heavy atom. The summed E-state index contributed by atoms with van der Waals surface area (Å²) in [5.41, 5.74) is 2.67. The Morgan fingerprint density at radius 2 is 1.68 bits per heavy atom. The minimum absolute atomic E-state index is 0.763. The number of nitrogens with one attached hydrogen (secondary N) is 1. The molecule has 0 atom stereocenters. The molecule has 0 aromatic heterocycles. The first kappa shape index (κ1) is 17.5. The largest absolute Gasteiger partial charge is 0.493 e. The zero-order chi connectivity index (χ0) is 17.3. The van der Waals surface area contributed by atoms with Gasteiger partial charge in [-0.15, -0.1) is 0 Å². The van der Waals surface area contributed by atoms with E-state index in [1.54, 1.807) is 0 Å². The molecule has 3 rings (SSSR count). The Labute approximate surface area is 150 Å². The topological polar surface area (TPSA) is 21.3 Å². The molecule has 0 saturated carbocycles. The molecule has 130 valence electrons. The van der Waals surface area contributed by atoms with Crippen LogP contribution in [-0.2, 0) is 13.0 Å². The molecule has 0 aliphatic carbocycles. The molecule has 0 heterocycles. The quantitative estimate of drug-likeness (QED) is 0.533. The van der Waals surface area contributed by atoms with Gasteiger partial charge in [0.05, 0.1) is 6.61 Å². The molecule has 0 aliphatic heterocycles. The Hall–Kier alpha value is -2.32. The first-order valence-electron chi connectivity index (χ1n) is 9.26. The van der Waals surface area contributed by atoms with Gasteiger partial charge in [-0.05, 0) is 48.2 Å². The maximum absolute atomic E-state index is 5.98. The van der Waals surface area contributed by atoms with Crippen molar-refractivity contribution in [2.45, 2.75) is 32.7 Å². The van der Waals surface area contributed by atoms with Crippen LogP contribution in [0.2, 0.25) is 0 Å². The molecule has 25 heavy (non-hydrogen) atoms. The van der Waals surface area contributed by atoms with Crippen molar-refractivity contribution in [1.29, 1.82) is 0 Å². The summed E-state index contributed by atoms with van der Waals surface area (Å²) < 4.78 is 5.98. The predicted molar refractivity (Wildman–Crippen MR) is 106 cm³/mol. The second kappa shape index (κ2) is 9.24. The van der Waals surface area contributed by atoms with Gasteiger partial charge < -0.3 is 10.1 Å². The SMILES string of the molecule is CCCOc1ccc2ccccc2c1CNCCCc1ccccc1. The average Bonchev–Trinajstić information content (AvgIpc) is 2.67. The van der Waals surface area contributed by atoms with E-state index in [0.717, 1.165) is 44.7 Å². The second-order valence-electron chi connectivity index (χ2n) is 6.38. The van der Waals surface area contributed by atoms with E-state index in [4.69, 9.17) is 4.74 Å². The number of rotatable bonds is 9. The van der Waals surface area contributed by atoms with Crippen molar-refractivity contribution in [1.82, 2.24) is 5.32 Å². The van der Waals surface area contributed by atoms with Crippen molar-refractivity contribution in [2.75, 3.05) is 13.2 Å². The number of ether oxygens (including phenoxy) is 1. The number of benzene rings is 3. The van der Waals surface area contributed by atoms with Gasteiger partial charge in [-0.1, -0.05) is 67.6 Å². The molecular formula is C23H27NO. The third-order valence-electron chi connectivity index (χ3n) is 4.42. The van der Waals surface area contributed by atoms with E-state index in [0.29, 0.717) is 0 Å². The fourth-order valence-corrected chi connectivity index (χ4v) is 3.12. The first-order chi connectivity index (χ1) is 12.4. The Kier molecular flexibility index (Phi) is 6.47. The number of hydrogen-bond acceptors (Lipinski definition) is 2. The zero-order valence-corrected chi connectivity index (χ0v) is 15.0. The normalized spacial score (nSPS) is 10.9. The molecule has 3 aromatic carbocycles. The molecule has 0 aliphatic rings. The van der Waals surface area contributed by atoms with Gasteiger partial charge in [0, 0.05) is 12.1 Å². The summed E-state index contributed by atoms with van der Waals surface area (Å²) in [4.78, 5) is 0. The van der Waals surface area contributed by atoms with Crippen LogP contribution in [0.5, 0.6) is 5.75 Å². The van der Waals surface area contributed by atoms with Crippen molar-refractivity contribution < 1.29 is 4.74 Å². The minimum atomic E-state index is 0.763. The third kappa shape index (κ3) is 4.83. The van der Waals surface area contributed by atoms with Crippen LogP contribution in [0, 0.1) is 0 Å². The molecule has 0 fully saturated rings. The molecule has 0 radical (unpaired) electrons. The highest BCUT2D eigenvalue weighted by atomic mass is 16.5. The summed E-state index contributed by atoms with van der Waals surface area (Å²) in [6.07, 6.45) is 3.28. The van der Waals surface area contributed by atoms with Crippen LogP contribution >= 0.6 is 0 Å². The molecular weight excluding hydrogens is 306 g/mol. The lowest BCUT2D eigenvalue weighted by Crippen LogP contribution is -2.16. The summed E-state index contributed by atoms with van der Waals surface area (Å²) in [5.74, 6) is 1.01. The van der Waals surface area contributed by atoms with Crippen molar-refractivity contribution in [2.24, 2.45) is 0 Å². The molecule has 0 bridgehead atoms. The van der Waals surface area contributed by atoms with Gasteiger partial charge in [0.1, 0.15) is 5.75 Å². The van der Waals surface area contributed by atoms with Gasteiger partial charge in [0.2, 0.25) is 0 Å². The van der Waals surface area contributed by atoms with Crippen LogP contribution in [0.1, 0.15) is 30.9 Å². The molecule has 2 heteroatoms. The predicted octanol–water partition coefficient (Wildman–Crippen LogP) is 5.35. The minimum Gasteiger partial charge on any atom is -0.493 e. The van der Waals surface area contributed by atoms with E-state index in [9.17, 15) is 0 Å². The molecule has 0 unspecified atom stereocenters. The Bertz CT molecular complexity index is 782. The summed E-state index contributed by atoms with van der Waals surface area (Å²) in [6.45, 7) is 4.75. The molecule has 1 N–H and O–H groups in total. The van der Waals surface area contributed by atoms with Crippen LogP contribution in [0.15, 0.2) is 66.7 Å². The van der Waals surface area contributed by atoms with Gasteiger partial charge >= 0.3 is 0 Å². The maximum Gasteiger partial charge on any atom is 0.124 e. The molecule has 3 aromatic rings. The van der Waals surface area contributed by atoms with Crippen molar-refractivity contribution in [3.8, 4) is 5.75 Å². The van der Waals surface area contributed by atoms with Gasteiger partial charge in [0.25, 0.3) is 0 Å². The lowest BCUT2D eigenvalue weighted by Gasteiger charge is -2.15. The van der Waals surface area contributed by atoms with Gasteiger partial charge in [-0.3, -0.25) is 0 Å². The highest BCUT2D eigenvalue weighted by molar-refractivity contribution is 5.87. The third-order valence-corrected chi connectivity index (χ3v) is 4.42. The van der Waals surface area contributed by atoms with E-state index in [-0.39, 0.29) is 0 Å². The fourth-order valence-electron chi connectivity index (χ4n) is 3.12. The lowest BCUT2D eigenvalue weighted by atomic mass is 10.0. The van der Waals surface area contributed by atoms with Crippen molar-refractivity contribution in [3.63, 3.8) is 0 Å². The van der Waals surface area contributed by atoms with Crippen LogP contribution < -0.4 is 10.1 Å². The van der Waals surface area contributed by atoms with E-state index in [2.05, 4.69) is 79.0 Å². The van der Waals surface area contributed by atoms with Gasteiger partial charge in [-0.2, -0.15) is 0 Å². The number of aryl methyl sites for hydroxylation is 1. The molecule has 0 amide bonds. The molecule has 0 saturated heterocycles. The van der Waals surface area contributed by atoms with Crippen LogP contribution in [0.3, 0.4) is 0 Å². The zero-order valence-electron chi connectivity index (χ0n) is 15.0. The molecule has 0 spiro atoms. The number of fused-ring (bicyclic) bond motifs is 1. The summed E-state index contributed by atoms with van der Waals surface area (Å²) >= 11 is 0. The summed E-state index contributed by atoms with van der Waals surface area (Å²) in [5, 5.41) is 6.16. The maximum atomic E-state index is 5.98. The summed E-state index contributed by atoms with van der Waals surface area (Å²) in [6, 6.07) is 23.5. The lowest BCUT2D eigenvalue weighted by molar-refractivity contribution is 0.314. The fraction of sp³-hybridized carbons (Fsp3) is 0.304. The Balaban J connectivity index is 1.62. The highest BCUT2D eigenvalue weighted by Gasteiger charge is 2.08. The van der Waals surface area contributed by atoms with Gasteiger partial charge in [0.15, 0.2) is 0 Å². The second-order valence-corrected chi connectivity index (χ2v) is 6.38. The van der Waals surface area contributed by atoms with Crippen LogP contribution in [-0.4, -0.2) is 13.2 Å². The summed E-state index contributed by atoms with van der Waals surface area (Å²) in [7, 11) is 0. The van der Waals surface area contributed by atoms with Crippen LogP contribution in [0.25, 0.3) is 10.8 Å². The van der Waals surface area contributed by atoms with E-state index >= 15 is 0 Å².